The molecule has 2 rings (SSSR count). The average Bonchev–Trinajstić information content (AvgIpc) is 2.85. The molecule has 0 aliphatic rings. The molecule has 2 N–H and O–H groups in total. The number of benzene rings is 1. The minimum Gasteiger partial charge on any atom is -0.497 e. The highest BCUT2D eigenvalue weighted by Crippen LogP contribution is 2.34. The van der Waals surface area contributed by atoms with Crippen LogP contribution in [0, 0.1) is 0 Å². The fourth-order valence-electron chi connectivity index (χ4n) is 1.28. The Hall–Kier alpha value is -1.40. The fraction of sp³-hybridized carbons (Fsp3) is 0.182. The van der Waals surface area contributed by atoms with E-state index in [1.807, 2.05) is 34.9 Å². The summed E-state index contributed by atoms with van der Waals surface area (Å²) in [7, 11) is 3.60. The van der Waals surface area contributed by atoms with Crippen LogP contribution in [0.2, 0.25) is 0 Å². The Balaban J connectivity index is 2.18. The maximum atomic E-state index is 5.93. The number of aromatic nitrogens is 1. The molecule has 2 aromatic rings. The topological polar surface area (TPSA) is 51.4 Å². The van der Waals surface area contributed by atoms with Crippen molar-refractivity contribution in [1.29, 1.82) is 0 Å². The molecular formula is C11H13N3OS2. The predicted molar refractivity (Wildman–Crippen MR) is 73.8 cm³/mol. The molecule has 0 radical (unpaired) electrons. The first-order chi connectivity index (χ1) is 8.20. The van der Waals surface area contributed by atoms with Gasteiger partial charge in [0.25, 0.3) is 0 Å². The zero-order valence-corrected chi connectivity index (χ0v) is 11.2. The maximum absolute atomic E-state index is 5.93. The van der Waals surface area contributed by atoms with E-state index in [1.165, 1.54) is 11.9 Å². The number of hydrogen-bond donors (Lipinski definition) is 1. The van der Waals surface area contributed by atoms with Gasteiger partial charge in [0.2, 0.25) is 0 Å². The van der Waals surface area contributed by atoms with E-state index >= 15 is 0 Å². The predicted octanol–water partition coefficient (Wildman–Crippen LogP) is 2.88. The van der Waals surface area contributed by atoms with Crippen LogP contribution >= 0.6 is 23.3 Å². The number of anilines is 2. The highest BCUT2D eigenvalue weighted by atomic mass is 32.2. The van der Waals surface area contributed by atoms with E-state index in [2.05, 4.69) is 4.98 Å². The first-order valence-electron chi connectivity index (χ1n) is 4.95. The third-order valence-corrected chi connectivity index (χ3v) is 4.11. The number of ether oxygens (including phenoxy) is 1. The summed E-state index contributed by atoms with van der Waals surface area (Å²) >= 11 is 3.12. The van der Waals surface area contributed by atoms with Crippen molar-refractivity contribution in [2.45, 2.75) is 4.90 Å². The lowest BCUT2D eigenvalue weighted by Crippen LogP contribution is -2.06. The molecule has 0 saturated carbocycles. The number of hydrogen-bond acceptors (Lipinski definition) is 6. The molecule has 17 heavy (non-hydrogen) atoms. The van der Waals surface area contributed by atoms with Crippen LogP contribution in [0.1, 0.15) is 0 Å². The van der Waals surface area contributed by atoms with Gasteiger partial charge in [0.15, 0.2) is 5.13 Å². The number of thiazole rings is 1. The normalized spacial score (nSPS) is 10.2. The highest BCUT2D eigenvalue weighted by molar-refractivity contribution is 8.01. The molecule has 0 atom stereocenters. The van der Waals surface area contributed by atoms with Crippen LogP contribution in [-0.2, 0) is 0 Å². The lowest BCUT2D eigenvalue weighted by Gasteiger charge is -2.15. The summed E-state index contributed by atoms with van der Waals surface area (Å²) in [5.74, 6) is 0.800. The van der Waals surface area contributed by atoms with Crippen LogP contribution in [0.15, 0.2) is 34.7 Å². The second kappa shape index (κ2) is 5.29. The Morgan fingerprint density at radius 1 is 1.47 bits per heavy atom. The molecule has 0 amide bonds. The van der Waals surface area contributed by atoms with Gasteiger partial charge in [0, 0.05) is 24.3 Å². The summed E-state index contributed by atoms with van der Waals surface area (Å²) in [6, 6.07) is 5.61. The number of rotatable bonds is 4. The summed E-state index contributed by atoms with van der Waals surface area (Å²) < 4.78 is 7.16. The lowest BCUT2D eigenvalue weighted by atomic mass is 10.3. The Morgan fingerprint density at radius 3 is 2.94 bits per heavy atom. The van der Waals surface area contributed by atoms with Gasteiger partial charge in [-0.05, 0) is 30.1 Å². The molecule has 0 aliphatic heterocycles. The lowest BCUT2D eigenvalue weighted by molar-refractivity contribution is 0.414. The zero-order chi connectivity index (χ0) is 12.3. The Morgan fingerprint density at radius 2 is 2.29 bits per heavy atom. The Bertz CT molecular complexity index is 487. The molecule has 0 saturated heterocycles. The van der Waals surface area contributed by atoms with Gasteiger partial charge in [-0.2, -0.15) is 0 Å². The summed E-state index contributed by atoms with van der Waals surface area (Å²) in [5, 5.41) is 2.89. The maximum Gasteiger partial charge on any atom is 0.195 e. The van der Waals surface area contributed by atoms with Gasteiger partial charge in [-0.25, -0.2) is 4.98 Å². The Labute approximate surface area is 109 Å². The number of nitrogens with two attached hydrogens (primary N) is 1. The summed E-state index contributed by atoms with van der Waals surface area (Å²) in [4.78, 5) is 5.20. The minimum atomic E-state index is 0.735. The minimum absolute atomic E-state index is 0.735. The third-order valence-electron chi connectivity index (χ3n) is 2.14. The molecule has 0 unspecified atom stereocenters. The Kier molecular flexibility index (Phi) is 3.75. The van der Waals surface area contributed by atoms with Crippen molar-refractivity contribution in [2.24, 2.45) is 0 Å². The van der Waals surface area contributed by atoms with E-state index in [0.717, 1.165) is 21.5 Å². The van der Waals surface area contributed by atoms with Gasteiger partial charge in [0.05, 0.1) is 12.0 Å². The molecule has 0 spiro atoms. The monoisotopic (exact) mass is 267 g/mol. The highest BCUT2D eigenvalue weighted by Gasteiger charge is 2.09. The van der Waals surface area contributed by atoms with E-state index < -0.39 is 0 Å². The van der Waals surface area contributed by atoms with Crippen LogP contribution in [0.5, 0.6) is 5.75 Å². The van der Waals surface area contributed by atoms with Crippen LogP contribution in [-0.4, -0.2) is 19.1 Å². The van der Waals surface area contributed by atoms with Crippen molar-refractivity contribution >= 4 is 34.1 Å². The van der Waals surface area contributed by atoms with Crippen molar-refractivity contribution in [3.05, 3.63) is 29.8 Å². The van der Waals surface area contributed by atoms with E-state index in [9.17, 15) is 0 Å². The number of nitrogen functional groups attached to an aromatic ring is 1. The zero-order valence-electron chi connectivity index (χ0n) is 9.58. The smallest absolute Gasteiger partial charge is 0.195 e. The quantitative estimate of drug-likeness (QED) is 0.682. The van der Waals surface area contributed by atoms with E-state index in [4.69, 9.17) is 10.5 Å². The molecule has 6 heteroatoms. The van der Waals surface area contributed by atoms with Gasteiger partial charge in [0.1, 0.15) is 5.75 Å². The molecular weight excluding hydrogens is 254 g/mol. The van der Waals surface area contributed by atoms with E-state index in [-0.39, 0.29) is 0 Å². The van der Waals surface area contributed by atoms with E-state index in [0.29, 0.717) is 0 Å². The van der Waals surface area contributed by atoms with Crippen LogP contribution < -0.4 is 14.8 Å². The van der Waals surface area contributed by atoms with Crippen LogP contribution in [0.3, 0.4) is 0 Å². The number of methoxy groups -OCH3 is 1. The molecule has 1 aromatic carbocycles. The SMILES string of the molecule is COc1ccc(N)c(SN(C)c2nccs2)c1. The molecule has 90 valence electrons. The molecule has 1 aromatic heterocycles. The van der Waals surface area contributed by atoms with Crippen LogP contribution in [0.4, 0.5) is 10.8 Å². The standard InChI is InChI=1S/C11H13N3OS2/c1-14(11-13-5-6-16-11)17-10-7-8(15-2)3-4-9(10)12/h3-7H,12H2,1-2H3. The van der Waals surface area contributed by atoms with Crippen molar-refractivity contribution < 1.29 is 4.74 Å². The van der Waals surface area contributed by atoms with Crippen molar-refractivity contribution in [1.82, 2.24) is 4.98 Å². The second-order valence-electron chi connectivity index (χ2n) is 3.31. The fourth-order valence-corrected chi connectivity index (χ4v) is 2.80. The summed E-state index contributed by atoms with van der Waals surface area (Å²) in [5.41, 5.74) is 6.66. The van der Waals surface area contributed by atoms with Crippen molar-refractivity contribution in [3.63, 3.8) is 0 Å². The van der Waals surface area contributed by atoms with Gasteiger partial charge in [-0.1, -0.05) is 0 Å². The van der Waals surface area contributed by atoms with Gasteiger partial charge >= 0.3 is 0 Å². The van der Waals surface area contributed by atoms with Crippen molar-refractivity contribution in [2.75, 3.05) is 24.2 Å². The average molecular weight is 267 g/mol. The third kappa shape index (κ3) is 2.83. The first-order valence-corrected chi connectivity index (χ1v) is 6.60. The van der Waals surface area contributed by atoms with Gasteiger partial charge in [-0.3, -0.25) is 4.31 Å². The molecule has 0 fully saturated rings. The van der Waals surface area contributed by atoms with Crippen LogP contribution in [0.25, 0.3) is 0 Å². The van der Waals surface area contributed by atoms with E-state index in [1.54, 1.807) is 24.6 Å². The molecule has 0 bridgehead atoms. The molecule has 1 heterocycles. The largest absolute Gasteiger partial charge is 0.497 e. The second-order valence-corrected chi connectivity index (χ2v) is 5.35. The summed E-state index contributed by atoms with van der Waals surface area (Å²) in [6.07, 6.45) is 1.78. The molecule has 0 aliphatic carbocycles. The van der Waals surface area contributed by atoms with Gasteiger partial charge in [-0.15, -0.1) is 11.3 Å². The van der Waals surface area contributed by atoms with Gasteiger partial charge < -0.3 is 10.5 Å². The summed E-state index contributed by atoms with van der Waals surface area (Å²) in [6.45, 7) is 0. The first kappa shape index (κ1) is 12.1. The molecule has 4 nitrogen and oxygen atoms in total. The number of nitrogens with zero attached hydrogens (tertiary/aromatic N) is 2. The van der Waals surface area contributed by atoms with Crippen molar-refractivity contribution in [3.8, 4) is 5.75 Å².